The highest BCUT2D eigenvalue weighted by Gasteiger charge is 2.22. The van der Waals surface area contributed by atoms with E-state index in [-0.39, 0.29) is 24.8 Å². The van der Waals surface area contributed by atoms with Crippen molar-refractivity contribution in [2.75, 3.05) is 32.8 Å². The molecular weight excluding hydrogens is 306 g/mol. The van der Waals surface area contributed by atoms with Crippen molar-refractivity contribution in [3.8, 4) is 11.8 Å². The normalized spacial score (nSPS) is 14.7. The Hall–Kier alpha value is -2.55. The second-order valence-electron chi connectivity index (χ2n) is 5.94. The van der Waals surface area contributed by atoms with Crippen LogP contribution in [0, 0.1) is 25.2 Å². The Morgan fingerprint density at radius 1 is 1.12 bits per heavy atom. The third-order valence-corrected chi connectivity index (χ3v) is 4.34. The molecule has 1 aliphatic heterocycles. The molecule has 1 aromatic carbocycles. The Labute approximate surface area is 142 Å². The number of hydrogen-bond donors (Lipinski definition) is 0. The molecule has 128 valence electrons. The maximum Gasteiger partial charge on any atom is 0.260 e. The molecule has 2 rings (SSSR count). The molecule has 0 spiro atoms. The summed E-state index contributed by atoms with van der Waals surface area (Å²) in [6, 6.07) is 7.65. The van der Waals surface area contributed by atoms with Gasteiger partial charge < -0.3 is 14.5 Å². The van der Waals surface area contributed by atoms with E-state index in [9.17, 15) is 9.59 Å². The van der Waals surface area contributed by atoms with Crippen LogP contribution in [0.4, 0.5) is 0 Å². The fourth-order valence-electron chi connectivity index (χ4n) is 2.71. The molecule has 6 heteroatoms. The maximum atomic E-state index is 12.4. The predicted molar refractivity (Wildman–Crippen MR) is 89.4 cm³/mol. The van der Waals surface area contributed by atoms with E-state index in [2.05, 4.69) is 0 Å². The molecule has 0 unspecified atom stereocenters. The topological polar surface area (TPSA) is 73.6 Å². The summed E-state index contributed by atoms with van der Waals surface area (Å²) in [7, 11) is 0. The first-order valence-electron chi connectivity index (χ1n) is 8.14. The van der Waals surface area contributed by atoms with Crippen molar-refractivity contribution in [3.05, 3.63) is 29.3 Å². The van der Waals surface area contributed by atoms with Gasteiger partial charge in [-0.3, -0.25) is 9.59 Å². The largest absolute Gasteiger partial charge is 0.483 e. The third-order valence-electron chi connectivity index (χ3n) is 4.34. The molecule has 1 fully saturated rings. The quantitative estimate of drug-likeness (QED) is 0.842. The maximum absolute atomic E-state index is 12.4. The van der Waals surface area contributed by atoms with E-state index in [1.165, 1.54) is 0 Å². The smallest absolute Gasteiger partial charge is 0.260 e. The highest BCUT2D eigenvalue weighted by Crippen LogP contribution is 2.20. The number of rotatable bonds is 4. The van der Waals surface area contributed by atoms with Gasteiger partial charge in [-0.15, -0.1) is 0 Å². The SMILES string of the molecule is Cc1cccc(OCC(=O)N2CCCN(C(=O)CC#N)CC2)c1C. The van der Waals surface area contributed by atoms with Gasteiger partial charge in [-0.25, -0.2) is 0 Å². The Morgan fingerprint density at radius 3 is 2.46 bits per heavy atom. The molecule has 24 heavy (non-hydrogen) atoms. The molecule has 0 saturated carbocycles. The van der Waals surface area contributed by atoms with Gasteiger partial charge in [0.1, 0.15) is 12.2 Å². The lowest BCUT2D eigenvalue weighted by Gasteiger charge is -2.22. The van der Waals surface area contributed by atoms with Gasteiger partial charge in [0.2, 0.25) is 5.91 Å². The van der Waals surface area contributed by atoms with Crippen LogP contribution in [-0.4, -0.2) is 54.4 Å². The van der Waals surface area contributed by atoms with Crippen LogP contribution < -0.4 is 4.74 Å². The van der Waals surface area contributed by atoms with Gasteiger partial charge in [0, 0.05) is 26.2 Å². The lowest BCUT2D eigenvalue weighted by Crippen LogP contribution is -2.39. The van der Waals surface area contributed by atoms with E-state index in [0.29, 0.717) is 32.6 Å². The fraction of sp³-hybridized carbons (Fsp3) is 0.500. The van der Waals surface area contributed by atoms with Crippen molar-refractivity contribution in [2.45, 2.75) is 26.7 Å². The molecule has 0 atom stereocenters. The Kier molecular flexibility index (Phi) is 6.19. The number of ether oxygens (including phenoxy) is 1. The molecule has 0 bridgehead atoms. The van der Waals surface area contributed by atoms with Crippen molar-refractivity contribution in [3.63, 3.8) is 0 Å². The summed E-state index contributed by atoms with van der Waals surface area (Å²) in [6.07, 6.45) is 0.607. The van der Waals surface area contributed by atoms with E-state index in [4.69, 9.17) is 10.00 Å². The molecule has 0 N–H and O–H groups in total. The van der Waals surface area contributed by atoms with Gasteiger partial charge in [-0.2, -0.15) is 5.26 Å². The lowest BCUT2D eigenvalue weighted by atomic mass is 10.1. The Morgan fingerprint density at radius 2 is 1.79 bits per heavy atom. The number of carbonyl (C=O) groups is 2. The van der Waals surface area contributed by atoms with E-state index >= 15 is 0 Å². The summed E-state index contributed by atoms with van der Waals surface area (Å²) in [5.41, 5.74) is 2.16. The van der Waals surface area contributed by atoms with Crippen LogP contribution in [0.3, 0.4) is 0 Å². The first-order chi connectivity index (χ1) is 11.5. The minimum atomic E-state index is -0.168. The average molecular weight is 329 g/mol. The van der Waals surface area contributed by atoms with E-state index in [1.54, 1.807) is 9.80 Å². The molecule has 1 heterocycles. The first kappa shape index (κ1) is 17.8. The average Bonchev–Trinajstić information content (AvgIpc) is 2.82. The van der Waals surface area contributed by atoms with Gasteiger partial charge in [0.25, 0.3) is 5.91 Å². The van der Waals surface area contributed by atoms with Crippen molar-refractivity contribution in [2.24, 2.45) is 0 Å². The number of nitrogens with zero attached hydrogens (tertiary/aromatic N) is 3. The van der Waals surface area contributed by atoms with E-state index in [1.807, 2.05) is 38.1 Å². The van der Waals surface area contributed by atoms with Gasteiger partial charge >= 0.3 is 0 Å². The van der Waals surface area contributed by atoms with Crippen LogP contribution in [0.25, 0.3) is 0 Å². The standard InChI is InChI=1S/C18H23N3O3/c1-14-5-3-6-16(15(14)2)24-13-18(23)21-10-4-9-20(11-12-21)17(22)7-8-19/h3,5-6H,4,7,9-13H2,1-2H3. The molecular formula is C18H23N3O3. The minimum absolute atomic E-state index is 0.00354. The number of nitriles is 1. The Balaban J connectivity index is 1.88. The number of hydrogen-bond acceptors (Lipinski definition) is 4. The summed E-state index contributed by atoms with van der Waals surface area (Å²) < 4.78 is 5.67. The molecule has 2 amide bonds. The van der Waals surface area contributed by atoms with Crippen LogP contribution in [0.15, 0.2) is 18.2 Å². The lowest BCUT2D eigenvalue weighted by molar-refractivity contribution is -0.134. The van der Waals surface area contributed by atoms with Crippen LogP contribution in [-0.2, 0) is 9.59 Å². The molecule has 0 radical (unpaired) electrons. The van der Waals surface area contributed by atoms with Crippen molar-refractivity contribution in [1.82, 2.24) is 9.80 Å². The second kappa shape index (κ2) is 8.34. The predicted octanol–water partition coefficient (Wildman–Crippen LogP) is 1.66. The summed E-state index contributed by atoms with van der Waals surface area (Å²) in [4.78, 5) is 27.5. The van der Waals surface area contributed by atoms with Crippen LogP contribution in [0.1, 0.15) is 24.0 Å². The molecule has 0 aliphatic carbocycles. The summed E-state index contributed by atoms with van der Waals surface area (Å²) in [5, 5.41) is 8.62. The van der Waals surface area contributed by atoms with Crippen LogP contribution in [0.5, 0.6) is 5.75 Å². The zero-order valence-electron chi connectivity index (χ0n) is 14.2. The Bertz CT molecular complexity index is 651. The number of carbonyl (C=O) groups excluding carboxylic acids is 2. The summed E-state index contributed by atoms with van der Waals surface area (Å²) in [6.45, 7) is 6.11. The van der Waals surface area contributed by atoms with Crippen LogP contribution >= 0.6 is 0 Å². The van der Waals surface area contributed by atoms with Crippen LogP contribution in [0.2, 0.25) is 0 Å². The number of benzene rings is 1. The van der Waals surface area contributed by atoms with Crippen molar-refractivity contribution < 1.29 is 14.3 Å². The van der Waals surface area contributed by atoms with Crippen molar-refractivity contribution >= 4 is 11.8 Å². The molecule has 1 aromatic rings. The van der Waals surface area contributed by atoms with E-state index < -0.39 is 0 Å². The number of aryl methyl sites for hydroxylation is 1. The zero-order chi connectivity index (χ0) is 17.5. The molecule has 0 aromatic heterocycles. The fourth-order valence-corrected chi connectivity index (χ4v) is 2.71. The third kappa shape index (κ3) is 4.48. The van der Waals surface area contributed by atoms with Gasteiger partial charge in [-0.05, 0) is 37.5 Å². The van der Waals surface area contributed by atoms with E-state index in [0.717, 1.165) is 16.9 Å². The summed E-state index contributed by atoms with van der Waals surface area (Å²) >= 11 is 0. The minimum Gasteiger partial charge on any atom is -0.483 e. The zero-order valence-corrected chi connectivity index (χ0v) is 14.2. The van der Waals surface area contributed by atoms with Crippen molar-refractivity contribution in [1.29, 1.82) is 5.26 Å². The number of amides is 2. The first-order valence-corrected chi connectivity index (χ1v) is 8.14. The molecule has 6 nitrogen and oxygen atoms in total. The highest BCUT2D eigenvalue weighted by atomic mass is 16.5. The molecule has 1 saturated heterocycles. The highest BCUT2D eigenvalue weighted by molar-refractivity contribution is 5.79. The second-order valence-corrected chi connectivity index (χ2v) is 5.94. The summed E-state index contributed by atoms with van der Waals surface area (Å²) in [5.74, 6) is 0.480. The van der Waals surface area contributed by atoms with Gasteiger partial charge in [-0.1, -0.05) is 12.1 Å². The van der Waals surface area contributed by atoms with Gasteiger partial charge in [0.15, 0.2) is 6.61 Å². The van der Waals surface area contributed by atoms with Gasteiger partial charge in [0.05, 0.1) is 6.07 Å². The molecule has 1 aliphatic rings. The monoisotopic (exact) mass is 329 g/mol.